The first-order valence-electron chi connectivity index (χ1n) is 8.55. The molecule has 27 heavy (non-hydrogen) atoms. The molecule has 1 aromatic rings. The van der Waals surface area contributed by atoms with Crippen LogP contribution in [0.3, 0.4) is 0 Å². The van der Waals surface area contributed by atoms with E-state index in [9.17, 15) is 19.7 Å². The molecule has 1 atom stereocenters. The van der Waals surface area contributed by atoms with Gasteiger partial charge in [0.15, 0.2) is 0 Å². The smallest absolute Gasteiger partial charge is 0.412 e. The number of carbonyl (C=O) groups is 2. The molecule has 0 fully saturated rings. The van der Waals surface area contributed by atoms with Crippen molar-refractivity contribution in [2.45, 2.75) is 52.7 Å². The molecule has 0 heterocycles. The van der Waals surface area contributed by atoms with E-state index in [1.54, 1.807) is 20.8 Å². The highest BCUT2D eigenvalue weighted by Gasteiger charge is 2.25. The summed E-state index contributed by atoms with van der Waals surface area (Å²) in [6.45, 7) is 9.00. The number of nitro benzene ring substituents is 1. The van der Waals surface area contributed by atoms with Gasteiger partial charge >= 0.3 is 12.1 Å². The summed E-state index contributed by atoms with van der Waals surface area (Å²) in [5.41, 5.74) is -0.603. The lowest BCUT2D eigenvalue weighted by Gasteiger charge is -2.20. The number of hydrogen-bond donors (Lipinski definition) is 2. The molecule has 1 aromatic carbocycles. The third-order valence-corrected chi connectivity index (χ3v) is 3.36. The highest BCUT2D eigenvalue weighted by molar-refractivity contribution is 5.87. The van der Waals surface area contributed by atoms with Crippen molar-refractivity contribution in [2.75, 3.05) is 17.7 Å². The second-order valence-electron chi connectivity index (χ2n) is 7.47. The van der Waals surface area contributed by atoms with Gasteiger partial charge in [-0.1, -0.05) is 13.8 Å². The van der Waals surface area contributed by atoms with Crippen molar-refractivity contribution >= 4 is 29.1 Å². The maximum atomic E-state index is 12.0. The van der Waals surface area contributed by atoms with Crippen LogP contribution in [-0.4, -0.2) is 35.7 Å². The Kier molecular flexibility index (Phi) is 7.56. The minimum absolute atomic E-state index is 0.158. The van der Waals surface area contributed by atoms with Gasteiger partial charge in [-0.3, -0.25) is 15.4 Å². The summed E-state index contributed by atoms with van der Waals surface area (Å²) in [6.07, 6.45) is -0.272. The monoisotopic (exact) mass is 381 g/mol. The number of carbonyl (C=O) groups excluding carboxylic acids is 2. The maximum Gasteiger partial charge on any atom is 0.412 e. The molecule has 0 aliphatic rings. The van der Waals surface area contributed by atoms with E-state index in [4.69, 9.17) is 9.47 Å². The van der Waals surface area contributed by atoms with Crippen molar-refractivity contribution < 1.29 is 24.0 Å². The van der Waals surface area contributed by atoms with E-state index in [0.29, 0.717) is 6.42 Å². The number of nitrogens with one attached hydrogen (secondary N) is 2. The predicted molar refractivity (Wildman–Crippen MR) is 102 cm³/mol. The van der Waals surface area contributed by atoms with Gasteiger partial charge in [0.25, 0.3) is 5.69 Å². The molecule has 0 saturated carbocycles. The van der Waals surface area contributed by atoms with E-state index in [1.165, 1.54) is 25.3 Å². The Bertz CT molecular complexity index is 697. The summed E-state index contributed by atoms with van der Waals surface area (Å²) in [4.78, 5) is 34.6. The molecule has 0 saturated heterocycles. The zero-order valence-corrected chi connectivity index (χ0v) is 16.5. The molecule has 0 aliphatic heterocycles. The zero-order valence-electron chi connectivity index (χ0n) is 16.5. The van der Waals surface area contributed by atoms with E-state index in [2.05, 4.69) is 10.6 Å². The molecular formula is C18H27N3O6. The summed E-state index contributed by atoms with van der Waals surface area (Å²) in [6, 6.07) is 3.40. The number of hydrogen-bond acceptors (Lipinski definition) is 7. The van der Waals surface area contributed by atoms with Crippen molar-refractivity contribution in [3.63, 3.8) is 0 Å². The molecular weight excluding hydrogens is 354 g/mol. The van der Waals surface area contributed by atoms with Crippen LogP contribution in [0.25, 0.3) is 0 Å². The first kappa shape index (κ1) is 22.2. The van der Waals surface area contributed by atoms with Gasteiger partial charge in [-0.15, -0.1) is 0 Å². The topological polar surface area (TPSA) is 120 Å². The van der Waals surface area contributed by atoms with Gasteiger partial charge in [0, 0.05) is 6.07 Å². The molecule has 2 N–H and O–H groups in total. The molecule has 9 heteroatoms. The number of amides is 1. The van der Waals surface area contributed by atoms with Crippen LogP contribution in [-0.2, 0) is 14.3 Å². The van der Waals surface area contributed by atoms with Gasteiger partial charge in [0.2, 0.25) is 0 Å². The van der Waals surface area contributed by atoms with Crippen molar-refractivity contribution in [3.05, 3.63) is 28.3 Å². The van der Waals surface area contributed by atoms with Crippen molar-refractivity contribution in [3.8, 4) is 0 Å². The number of nitrogens with zero attached hydrogens (tertiary/aromatic N) is 1. The van der Waals surface area contributed by atoms with Crippen LogP contribution in [0, 0.1) is 16.0 Å². The average Bonchev–Trinajstić information content (AvgIpc) is 2.52. The molecule has 0 bridgehead atoms. The van der Waals surface area contributed by atoms with Crippen LogP contribution in [0.15, 0.2) is 18.2 Å². The first-order valence-corrected chi connectivity index (χ1v) is 8.55. The van der Waals surface area contributed by atoms with Crippen LogP contribution in [0.4, 0.5) is 21.9 Å². The number of methoxy groups -OCH3 is 1. The maximum absolute atomic E-state index is 12.0. The first-order chi connectivity index (χ1) is 12.4. The molecule has 9 nitrogen and oxygen atoms in total. The zero-order chi connectivity index (χ0) is 20.8. The van der Waals surface area contributed by atoms with E-state index in [1.807, 2.05) is 13.8 Å². The van der Waals surface area contributed by atoms with Gasteiger partial charge in [0.1, 0.15) is 17.3 Å². The molecule has 1 rings (SSSR count). The molecule has 0 aromatic heterocycles. The van der Waals surface area contributed by atoms with Gasteiger partial charge in [-0.2, -0.15) is 0 Å². The molecule has 0 radical (unpaired) electrons. The second-order valence-corrected chi connectivity index (χ2v) is 7.47. The van der Waals surface area contributed by atoms with E-state index in [0.717, 1.165) is 0 Å². The Morgan fingerprint density at radius 3 is 2.37 bits per heavy atom. The number of benzene rings is 1. The number of rotatable bonds is 7. The fraction of sp³-hybridized carbons (Fsp3) is 0.556. The number of ether oxygens (including phenoxy) is 2. The van der Waals surface area contributed by atoms with Crippen LogP contribution in [0.5, 0.6) is 0 Å². The SMILES string of the molecule is COC(=O)C(CC(C)C)Nc1ccc(NC(=O)OC(C)(C)C)cc1[N+](=O)[O-]. The second kappa shape index (κ2) is 9.20. The summed E-state index contributed by atoms with van der Waals surface area (Å²) in [5, 5.41) is 16.8. The minimum Gasteiger partial charge on any atom is -0.467 e. The fourth-order valence-corrected chi connectivity index (χ4v) is 2.32. The van der Waals surface area contributed by atoms with Gasteiger partial charge in [-0.25, -0.2) is 9.59 Å². The quantitative estimate of drug-likeness (QED) is 0.417. The van der Waals surface area contributed by atoms with Gasteiger partial charge in [-0.05, 0) is 45.2 Å². The Morgan fingerprint density at radius 1 is 1.26 bits per heavy atom. The summed E-state index contributed by atoms with van der Waals surface area (Å²) in [7, 11) is 1.26. The lowest BCUT2D eigenvalue weighted by molar-refractivity contribution is -0.383. The van der Waals surface area contributed by atoms with E-state index < -0.39 is 28.6 Å². The minimum atomic E-state index is -0.724. The fourth-order valence-electron chi connectivity index (χ4n) is 2.32. The van der Waals surface area contributed by atoms with Crippen LogP contribution >= 0.6 is 0 Å². The highest BCUT2D eigenvalue weighted by Crippen LogP contribution is 2.29. The number of nitro groups is 1. The Balaban J connectivity index is 3.06. The molecule has 0 aliphatic carbocycles. The summed E-state index contributed by atoms with van der Waals surface area (Å²) in [5.74, 6) is -0.331. The molecule has 1 unspecified atom stereocenters. The molecule has 0 spiro atoms. The average molecular weight is 381 g/mol. The van der Waals surface area contributed by atoms with E-state index >= 15 is 0 Å². The van der Waals surface area contributed by atoms with Crippen LogP contribution in [0.2, 0.25) is 0 Å². The highest BCUT2D eigenvalue weighted by atomic mass is 16.6. The third kappa shape index (κ3) is 7.51. The number of anilines is 2. The molecule has 1 amide bonds. The van der Waals surface area contributed by atoms with E-state index in [-0.39, 0.29) is 23.0 Å². The van der Waals surface area contributed by atoms with Crippen LogP contribution in [0.1, 0.15) is 41.0 Å². The standard InChI is InChI=1S/C18H27N3O6/c1-11(2)9-14(16(22)26-6)20-13-8-7-12(10-15(13)21(24)25)19-17(23)27-18(3,4)5/h7-8,10-11,14,20H,9H2,1-6H3,(H,19,23). The normalized spacial score (nSPS) is 12.3. The predicted octanol–water partition coefficient (Wildman–Crippen LogP) is 3.94. The third-order valence-electron chi connectivity index (χ3n) is 3.36. The molecule has 150 valence electrons. The van der Waals surface area contributed by atoms with Crippen LogP contribution < -0.4 is 10.6 Å². The summed E-state index contributed by atoms with van der Waals surface area (Å²) < 4.78 is 9.89. The Hall–Kier alpha value is -2.84. The lowest BCUT2D eigenvalue weighted by atomic mass is 10.0. The Labute approximate surface area is 158 Å². The van der Waals surface area contributed by atoms with Crippen molar-refractivity contribution in [1.29, 1.82) is 0 Å². The van der Waals surface area contributed by atoms with Gasteiger partial charge in [0.05, 0.1) is 17.7 Å². The number of esters is 1. The van der Waals surface area contributed by atoms with Gasteiger partial charge < -0.3 is 14.8 Å². The Morgan fingerprint density at radius 2 is 1.89 bits per heavy atom. The lowest BCUT2D eigenvalue weighted by Crippen LogP contribution is -2.32. The van der Waals surface area contributed by atoms with Crippen molar-refractivity contribution in [1.82, 2.24) is 0 Å². The van der Waals surface area contributed by atoms with Crippen molar-refractivity contribution in [2.24, 2.45) is 5.92 Å². The largest absolute Gasteiger partial charge is 0.467 e. The summed E-state index contributed by atoms with van der Waals surface area (Å²) >= 11 is 0.